The van der Waals surface area contributed by atoms with Crippen LogP contribution in [-0.4, -0.2) is 42.1 Å². The number of aromatic nitrogens is 1. The van der Waals surface area contributed by atoms with Gasteiger partial charge in [-0.25, -0.2) is 4.79 Å². The molecule has 0 aliphatic heterocycles. The maximum atomic E-state index is 11.5. The molecule has 6 nitrogen and oxygen atoms in total. The Morgan fingerprint density at radius 2 is 2.12 bits per heavy atom. The Balaban J connectivity index is 2.49. The summed E-state index contributed by atoms with van der Waals surface area (Å²) < 4.78 is 0. The molecule has 0 unspecified atom stereocenters. The lowest BCUT2D eigenvalue weighted by Gasteiger charge is -2.04. The summed E-state index contributed by atoms with van der Waals surface area (Å²) in [5, 5.41) is 14.3. The third-order valence-electron chi connectivity index (χ3n) is 2.13. The van der Waals surface area contributed by atoms with Crippen molar-refractivity contribution in [2.24, 2.45) is 0 Å². The molecule has 3 N–H and O–H groups in total. The Bertz CT molecular complexity index is 389. The number of carbonyl (C=O) groups excluding carboxylic acids is 1. The highest BCUT2D eigenvalue weighted by Crippen LogP contribution is 2.00. The summed E-state index contributed by atoms with van der Waals surface area (Å²) in [6.07, 6.45) is 2.00. The molecular weight excluding hydrogens is 222 g/mol. The van der Waals surface area contributed by atoms with E-state index < -0.39 is 5.97 Å². The number of aromatic carboxylic acids is 1. The van der Waals surface area contributed by atoms with Crippen LogP contribution in [0, 0.1) is 0 Å². The van der Waals surface area contributed by atoms with Gasteiger partial charge in [0, 0.05) is 12.7 Å². The summed E-state index contributed by atoms with van der Waals surface area (Å²) in [6, 6.07) is 2.76. The fourth-order valence-corrected chi connectivity index (χ4v) is 1.21. The minimum absolute atomic E-state index is 0.0664. The van der Waals surface area contributed by atoms with E-state index in [1.165, 1.54) is 18.3 Å². The Morgan fingerprint density at radius 3 is 2.65 bits per heavy atom. The second-order valence-electron chi connectivity index (χ2n) is 3.45. The molecule has 0 aromatic carbocycles. The molecule has 0 spiro atoms. The molecule has 17 heavy (non-hydrogen) atoms. The molecule has 0 radical (unpaired) electrons. The average Bonchev–Trinajstić information content (AvgIpc) is 2.34. The highest BCUT2D eigenvalue weighted by atomic mass is 16.4. The van der Waals surface area contributed by atoms with Gasteiger partial charge in [-0.15, -0.1) is 0 Å². The Morgan fingerprint density at radius 1 is 1.35 bits per heavy atom. The van der Waals surface area contributed by atoms with Gasteiger partial charge in [-0.1, -0.05) is 0 Å². The third kappa shape index (κ3) is 4.20. The van der Waals surface area contributed by atoms with Crippen molar-refractivity contribution in [3.8, 4) is 0 Å². The predicted molar refractivity (Wildman–Crippen MR) is 62.1 cm³/mol. The first-order chi connectivity index (χ1) is 8.15. The Labute approximate surface area is 99.1 Å². The standard InChI is InChI=1S/C11H15N3O3/c1-12-5-2-6-13-10(15)9-4-3-8(7-14-9)11(16)17/h3-4,7,12H,2,5-6H2,1H3,(H,13,15)(H,16,17). The van der Waals surface area contributed by atoms with Gasteiger partial charge in [0.15, 0.2) is 0 Å². The van der Waals surface area contributed by atoms with Crippen molar-refractivity contribution in [1.29, 1.82) is 0 Å². The van der Waals surface area contributed by atoms with Crippen molar-refractivity contribution in [1.82, 2.24) is 15.6 Å². The first kappa shape index (κ1) is 13.1. The summed E-state index contributed by atoms with van der Waals surface area (Å²) in [5.41, 5.74) is 0.288. The highest BCUT2D eigenvalue weighted by Gasteiger charge is 2.08. The van der Waals surface area contributed by atoms with E-state index in [9.17, 15) is 9.59 Å². The third-order valence-corrected chi connectivity index (χ3v) is 2.13. The smallest absolute Gasteiger partial charge is 0.337 e. The van der Waals surface area contributed by atoms with Crippen LogP contribution in [0.15, 0.2) is 18.3 Å². The summed E-state index contributed by atoms with van der Waals surface area (Å²) in [5.74, 6) is -1.35. The lowest BCUT2D eigenvalue weighted by molar-refractivity contribution is 0.0695. The molecule has 0 saturated carbocycles. The van der Waals surface area contributed by atoms with Gasteiger partial charge in [-0.3, -0.25) is 9.78 Å². The summed E-state index contributed by atoms with van der Waals surface area (Å²) in [4.78, 5) is 25.9. The maximum absolute atomic E-state index is 11.5. The van der Waals surface area contributed by atoms with E-state index in [-0.39, 0.29) is 17.2 Å². The largest absolute Gasteiger partial charge is 0.478 e. The molecule has 0 atom stereocenters. The molecule has 1 heterocycles. The minimum Gasteiger partial charge on any atom is -0.478 e. The molecule has 92 valence electrons. The second kappa shape index (κ2) is 6.59. The average molecular weight is 237 g/mol. The summed E-state index contributed by atoms with van der Waals surface area (Å²) in [7, 11) is 1.84. The lowest BCUT2D eigenvalue weighted by atomic mass is 10.2. The number of hydrogen-bond donors (Lipinski definition) is 3. The number of nitrogens with one attached hydrogen (secondary N) is 2. The van der Waals surface area contributed by atoms with E-state index in [4.69, 9.17) is 5.11 Å². The fourth-order valence-electron chi connectivity index (χ4n) is 1.21. The molecule has 1 amide bonds. The van der Waals surface area contributed by atoms with Crippen LogP contribution in [0.2, 0.25) is 0 Å². The zero-order valence-corrected chi connectivity index (χ0v) is 9.56. The first-order valence-electron chi connectivity index (χ1n) is 5.27. The van der Waals surface area contributed by atoms with Gasteiger partial charge in [-0.2, -0.15) is 0 Å². The molecule has 1 aromatic heterocycles. The lowest BCUT2D eigenvalue weighted by Crippen LogP contribution is -2.27. The van der Waals surface area contributed by atoms with Gasteiger partial charge in [0.1, 0.15) is 5.69 Å². The van der Waals surface area contributed by atoms with Crippen molar-refractivity contribution in [2.45, 2.75) is 6.42 Å². The van der Waals surface area contributed by atoms with Crippen LogP contribution in [0.4, 0.5) is 0 Å². The van der Waals surface area contributed by atoms with Crippen molar-refractivity contribution in [3.05, 3.63) is 29.6 Å². The van der Waals surface area contributed by atoms with Crippen LogP contribution < -0.4 is 10.6 Å². The maximum Gasteiger partial charge on any atom is 0.337 e. The van der Waals surface area contributed by atoms with Crippen LogP contribution >= 0.6 is 0 Å². The normalized spacial score (nSPS) is 9.94. The number of amides is 1. The molecule has 0 bridgehead atoms. The van der Waals surface area contributed by atoms with Crippen LogP contribution in [0.25, 0.3) is 0 Å². The number of hydrogen-bond acceptors (Lipinski definition) is 4. The Kier molecular flexibility index (Phi) is 5.09. The van der Waals surface area contributed by atoms with Gasteiger partial charge in [0.05, 0.1) is 5.56 Å². The van der Waals surface area contributed by atoms with E-state index in [0.717, 1.165) is 13.0 Å². The van der Waals surface area contributed by atoms with Crippen molar-refractivity contribution in [3.63, 3.8) is 0 Å². The van der Waals surface area contributed by atoms with Crippen LogP contribution in [0.5, 0.6) is 0 Å². The number of pyridine rings is 1. The Hall–Kier alpha value is -1.95. The van der Waals surface area contributed by atoms with Crippen molar-refractivity contribution >= 4 is 11.9 Å². The monoisotopic (exact) mass is 237 g/mol. The molecule has 1 aromatic rings. The SMILES string of the molecule is CNCCCNC(=O)c1ccc(C(=O)O)cn1. The number of rotatable bonds is 6. The highest BCUT2D eigenvalue weighted by molar-refractivity contribution is 5.93. The summed E-state index contributed by atoms with van der Waals surface area (Å²) in [6.45, 7) is 1.38. The quantitative estimate of drug-likeness (QED) is 0.611. The van der Waals surface area contributed by atoms with E-state index >= 15 is 0 Å². The first-order valence-corrected chi connectivity index (χ1v) is 5.27. The minimum atomic E-state index is -1.06. The van der Waals surface area contributed by atoms with Crippen molar-refractivity contribution < 1.29 is 14.7 Å². The van der Waals surface area contributed by atoms with Gasteiger partial charge in [0.25, 0.3) is 5.91 Å². The van der Waals surface area contributed by atoms with E-state index in [1.807, 2.05) is 7.05 Å². The molecule has 1 rings (SSSR count). The molecule has 0 fully saturated rings. The number of carbonyl (C=O) groups is 2. The van der Waals surface area contributed by atoms with E-state index in [2.05, 4.69) is 15.6 Å². The molecular formula is C11H15N3O3. The van der Waals surface area contributed by atoms with Crippen LogP contribution in [0.3, 0.4) is 0 Å². The number of carboxylic acid groups (broad SMARTS) is 1. The van der Waals surface area contributed by atoms with Gasteiger partial charge in [0.2, 0.25) is 0 Å². The van der Waals surface area contributed by atoms with Crippen LogP contribution in [0.1, 0.15) is 27.3 Å². The number of nitrogens with zero attached hydrogens (tertiary/aromatic N) is 1. The molecule has 0 aliphatic rings. The fraction of sp³-hybridized carbons (Fsp3) is 0.364. The van der Waals surface area contributed by atoms with E-state index in [0.29, 0.717) is 6.54 Å². The zero-order valence-electron chi connectivity index (χ0n) is 9.56. The molecule has 6 heteroatoms. The van der Waals surface area contributed by atoms with Crippen molar-refractivity contribution in [2.75, 3.05) is 20.1 Å². The zero-order chi connectivity index (χ0) is 12.7. The van der Waals surface area contributed by atoms with Gasteiger partial charge < -0.3 is 15.7 Å². The van der Waals surface area contributed by atoms with Gasteiger partial charge >= 0.3 is 5.97 Å². The topological polar surface area (TPSA) is 91.3 Å². The predicted octanol–water partition coefficient (Wildman–Crippen LogP) is 0.119. The van der Waals surface area contributed by atoms with E-state index in [1.54, 1.807) is 0 Å². The summed E-state index contributed by atoms with van der Waals surface area (Å²) >= 11 is 0. The number of carboxylic acids is 1. The van der Waals surface area contributed by atoms with Crippen LogP contribution in [-0.2, 0) is 0 Å². The second-order valence-corrected chi connectivity index (χ2v) is 3.45. The van der Waals surface area contributed by atoms with Gasteiger partial charge in [-0.05, 0) is 32.1 Å². The molecule has 0 saturated heterocycles. The molecule has 0 aliphatic carbocycles.